The maximum atomic E-state index is 5.77. The van der Waals surface area contributed by atoms with Gasteiger partial charge in [0.2, 0.25) is 0 Å². The molecular weight excluding hydrogens is 186 g/mol. The lowest BCUT2D eigenvalue weighted by atomic mass is 10.1. The first-order valence-electron chi connectivity index (χ1n) is 5.79. The van der Waals surface area contributed by atoms with E-state index in [4.69, 9.17) is 4.74 Å². The summed E-state index contributed by atoms with van der Waals surface area (Å²) < 4.78 is 5.77. The molecule has 0 amide bonds. The SMILES string of the molecule is CCNC(C)c1cccc(OC2CC2)c1. The Morgan fingerprint density at radius 2 is 2.27 bits per heavy atom. The maximum absolute atomic E-state index is 5.77. The van der Waals surface area contributed by atoms with Crippen LogP contribution in [0.25, 0.3) is 0 Å². The fraction of sp³-hybridized carbons (Fsp3) is 0.538. The number of hydrogen-bond acceptors (Lipinski definition) is 2. The Kier molecular flexibility index (Phi) is 3.27. The molecule has 0 spiro atoms. The highest BCUT2D eigenvalue weighted by Gasteiger charge is 2.23. The second-order valence-corrected chi connectivity index (χ2v) is 4.17. The fourth-order valence-electron chi connectivity index (χ4n) is 1.66. The zero-order chi connectivity index (χ0) is 10.7. The highest BCUT2D eigenvalue weighted by atomic mass is 16.5. The second kappa shape index (κ2) is 4.67. The van der Waals surface area contributed by atoms with Gasteiger partial charge >= 0.3 is 0 Å². The monoisotopic (exact) mass is 205 g/mol. The lowest BCUT2D eigenvalue weighted by Gasteiger charge is -2.14. The van der Waals surface area contributed by atoms with Crippen LogP contribution in [0.5, 0.6) is 5.75 Å². The Balaban J connectivity index is 2.03. The van der Waals surface area contributed by atoms with Crippen molar-refractivity contribution < 1.29 is 4.74 Å². The molecule has 2 nitrogen and oxygen atoms in total. The van der Waals surface area contributed by atoms with Gasteiger partial charge in [-0.3, -0.25) is 0 Å². The molecule has 1 atom stereocenters. The molecule has 1 aliphatic rings. The van der Waals surface area contributed by atoms with Crippen molar-refractivity contribution in [3.8, 4) is 5.75 Å². The van der Waals surface area contributed by atoms with Crippen LogP contribution in [0.4, 0.5) is 0 Å². The normalized spacial score (nSPS) is 17.5. The van der Waals surface area contributed by atoms with Crippen LogP contribution in [0, 0.1) is 0 Å². The van der Waals surface area contributed by atoms with E-state index >= 15 is 0 Å². The van der Waals surface area contributed by atoms with Gasteiger partial charge in [0.15, 0.2) is 0 Å². The first-order chi connectivity index (χ1) is 7.29. The van der Waals surface area contributed by atoms with Gasteiger partial charge in [-0.25, -0.2) is 0 Å². The van der Waals surface area contributed by atoms with Crippen LogP contribution >= 0.6 is 0 Å². The number of benzene rings is 1. The van der Waals surface area contributed by atoms with E-state index < -0.39 is 0 Å². The average molecular weight is 205 g/mol. The molecule has 1 aliphatic carbocycles. The smallest absolute Gasteiger partial charge is 0.120 e. The molecule has 1 fully saturated rings. The third-order valence-electron chi connectivity index (χ3n) is 2.70. The van der Waals surface area contributed by atoms with E-state index in [0.717, 1.165) is 12.3 Å². The van der Waals surface area contributed by atoms with Crippen LogP contribution in [0.3, 0.4) is 0 Å². The van der Waals surface area contributed by atoms with Crippen molar-refractivity contribution in [3.05, 3.63) is 29.8 Å². The minimum atomic E-state index is 0.401. The molecule has 1 aromatic rings. The van der Waals surface area contributed by atoms with Gasteiger partial charge in [0, 0.05) is 6.04 Å². The lowest BCUT2D eigenvalue weighted by molar-refractivity contribution is 0.302. The first kappa shape index (κ1) is 10.5. The summed E-state index contributed by atoms with van der Waals surface area (Å²) in [6.07, 6.45) is 2.91. The van der Waals surface area contributed by atoms with E-state index in [-0.39, 0.29) is 0 Å². The van der Waals surface area contributed by atoms with E-state index in [1.807, 2.05) is 6.07 Å². The van der Waals surface area contributed by atoms with Gasteiger partial charge < -0.3 is 10.1 Å². The molecule has 2 heteroatoms. The first-order valence-corrected chi connectivity index (χ1v) is 5.79. The molecule has 1 saturated carbocycles. The third kappa shape index (κ3) is 2.96. The minimum absolute atomic E-state index is 0.401. The van der Waals surface area contributed by atoms with E-state index in [9.17, 15) is 0 Å². The summed E-state index contributed by atoms with van der Waals surface area (Å²) in [6, 6.07) is 8.80. The van der Waals surface area contributed by atoms with Crippen LogP contribution in [0.2, 0.25) is 0 Å². The Labute approximate surface area is 91.6 Å². The molecule has 0 bridgehead atoms. The summed E-state index contributed by atoms with van der Waals surface area (Å²) in [5, 5.41) is 3.40. The average Bonchev–Trinajstić information content (AvgIpc) is 3.03. The molecule has 0 aliphatic heterocycles. The Hall–Kier alpha value is -1.02. The van der Waals surface area contributed by atoms with E-state index in [2.05, 4.69) is 37.4 Å². The molecule has 0 heterocycles. The Morgan fingerprint density at radius 1 is 1.47 bits per heavy atom. The largest absolute Gasteiger partial charge is 0.490 e. The van der Waals surface area contributed by atoms with Gasteiger partial charge in [0.25, 0.3) is 0 Å². The van der Waals surface area contributed by atoms with Gasteiger partial charge in [0.1, 0.15) is 5.75 Å². The van der Waals surface area contributed by atoms with Crippen LogP contribution < -0.4 is 10.1 Å². The Morgan fingerprint density at radius 3 is 2.93 bits per heavy atom. The van der Waals surface area contributed by atoms with Crippen molar-refractivity contribution >= 4 is 0 Å². The molecule has 2 rings (SSSR count). The van der Waals surface area contributed by atoms with Gasteiger partial charge in [-0.05, 0) is 44.0 Å². The molecule has 82 valence electrons. The Bertz CT molecular complexity index is 320. The summed E-state index contributed by atoms with van der Waals surface area (Å²) >= 11 is 0. The number of nitrogens with one attached hydrogen (secondary N) is 1. The third-order valence-corrected chi connectivity index (χ3v) is 2.70. The van der Waals surface area contributed by atoms with Gasteiger partial charge in [-0.1, -0.05) is 19.1 Å². The predicted molar refractivity (Wildman–Crippen MR) is 62.2 cm³/mol. The second-order valence-electron chi connectivity index (χ2n) is 4.17. The maximum Gasteiger partial charge on any atom is 0.120 e. The van der Waals surface area contributed by atoms with Crippen molar-refractivity contribution in [1.82, 2.24) is 5.32 Å². The van der Waals surface area contributed by atoms with Gasteiger partial charge in [0.05, 0.1) is 6.10 Å². The van der Waals surface area contributed by atoms with Gasteiger partial charge in [-0.15, -0.1) is 0 Å². The van der Waals surface area contributed by atoms with Crippen LogP contribution in [-0.2, 0) is 0 Å². The lowest BCUT2D eigenvalue weighted by Crippen LogP contribution is -2.17. The van der Waals surface area contributed by atoms with Gasteiger partial charge in [-0.2, -0.15) is 0 Å². The molecule has 1 N–H and O–H groups in total. The van der Waals surface area contributed by atoms with Crippen LogP contribution in [-0.4, -0.2) is 12.6 Å². The molecule has 1 unspecified atom stereocenters. The molecule has 0 radical (unpaired) electrons. The quantitative estimate of drug-likeness (QED) is 0.798. The topological polar surface area (TPSA) is 21.3 Å². The number of rotatable bonds is 5. The van der Waals surface area contributed by atoms with Crippen molar-refractivity contribution in [2.75, 3.05) is 6.54 Å². The molecular formula is C13H19NO. The van der Waals surface area contributed by atoms with E-state index in [1.165, 1.54) is 18.4 Å². The minimum Gasteiger partial charge on any atom is -0.490 e. The summed E-state index contributed by atoms with van der Waals surface area (Å²) in [6.45, 7) is 5.30. The zero-order valence-corrected chi connectivity index (χ0v) is 9.49. The zero-order valence-electron chi connectivity index (χ0n) is 9.49. The number of hydrogen-bond donors (Lipinski definition) is 1. The molecule has 0 aromatic heterocycles. The summed E-state index contributed by atoms with van der Waals surface area (Å²) in [5.74, 6) is 1.01. The highest BCUT2D eigenvalue weighted by molar-refractivity contribution is 5.30. The predicted octanol–water partition coefficient (Wildman–Crippen LogP) is 2.90. The summed E-state index contributed by atoms with van der Waals surface area (Å²) in [5.41, 5.74) is 1.30. The summed E-state index contributed by atoms with van der Waals surface area (Å²) in [4.78, 5) is 0. The standard InChI is InChI=1S/C13H19NO/c1-3-14-10(2)11-5-4-6-13(9-11)15-12-7-8-12/h4-6,9-10,12,14H,3,7-8H2,1-2H3. The summed E-state index contributed by atoms with van der Waals surface area (Å²) in [7, 11) is 0. The molecule has 0 saturated heterocycles. The highest BCUT2D eigenvalue weighted by Crippen LogP contribution is 2.28. The van der Waals surface area contributed by atoms with Crippen LogP contribution in [0.15, 0.2) is 24.3 Å². The van der Waals surface area contributed by atoms with E-state index in [0.29, 0.717) is 12.1 Å². The number of ether oxygens (including phenoxy) is 1. The van der Waals surface area contributed by atoms with Crippen molar-refractivity contribution in [3.63, 3.8) is 0 Å². The van der Waals surface area contributed by atoms with Crippen LogP contribution in [0.1, 0.15) is 38.3 Å². The molecule has 15 heavy (non-hydrogen) atoms. The van der Waals surface area contributed by atoms with Crippen molar-refractivity contribution in [2.45, 2.75) is 38.8 Å². The van der Waals surface area contributed by atoms with E-state index in [1.54, 1.807) is 0 Å². The molecule has 1 aromatic carbocycles. The fourth-order valence-corrected chi connectivity index (χ4v) is 1.66. The van der Waals surface area contributed by atoms with Crippen molar-refractivity contribution in [2.24, 2.45) is 0 Å². The van der Waals surface area contributed by atoms with Crippen molar-refractivity contribution in [1.29, 1.82) is 0 Å².